The van der Waals surface area contributed by atoms with Crippen LogP contribution in [0.4, 0.5) is 0 Å². The summed E-state index contributed by atoms with van der Waals surface area (Å²) in [4.78, 5) is 9.31. The minimum atomic E-state index is 0.140. The van der Waals surface area contributed by atoms with E-state index in [1.165, 1.54) is 32.1 Å². The number of aliphatic hydroxyl groups is 1. The smallest absolute Gasteiger partial charge is 0.160 e. The summed E-state index contributed by atoms with van der Waals surface area (Å²) in [5.74, 6) is 1.66. The predicted octanol–water partition coefficient (Wildman–Crippen LogP) is 2.78. The van der Waals surface area contributed by atoms with Gasteiger partial charge in [-0.3, -0.25) is 0 Å². The van der Waals surface area contributed by atoms with Crippen LogP contribution in [-0.2, 0) is 6.54 Å². The number of fused-ring (bicyclic) bond motifs is 1. The third-order valence-corrected chi connectivity index (χ3v) is 4.05. The fraction of sp³-hybridized carbons (Fsp3) is 0.600. The van der Waals surface area contributed by atoms with Crippen LogP contribution in [0.1, 0.15) is 49.4 Å². The Morgan fingerprint density at radius 3 is 2.84 bits per heavy atom. The van der Waals surface area contributed by atoms with Crippen molar-refractivity contribution in [3.8, 4) is 0 Å². The number of aliphatic hydroxyl groups excluding tert-OH is 1. The highest BCUT2D eigenvalue weighted by atomic mass is 16.3. The van der Waals surface area contributed by atoms with Crippen molar-refractivity contribution >= 4 is 11.2 Å². The van der Waals surface area contributed by atoms with Gasteiger partial charge in [0.2, 0.25) is 0 Å². The molecule has 0 spiro atoms. The summed E-state index contributed by atoms with van der Waals surface area (Å²) >= 11 is 0. The van der Waals surface area contributed by atoms with E-state index in [9.17, 15) is 5.11 Å². The van der Waals surface area contributed by atoms with Gasteiger partial charge in [-0.1, -0.05) is 19.3 Å². The summed E-state index contributed by atoms with van der Waals surface area (Å²) in [6, 6.07) is 2.09. The largest absolute Gasteiger partial charge is 0.395 e. The van der Waals surface area contributed by atoms with Gasteiger partial charge in [0.1, 0.15) is 11.3 Å². The van der Waals surface area contributed by atoms with E-state index in [1.54, 1.807) is 0 Å². The molecule has 0 amide bonds. The lowest BCUT2D eigenvalue weighted by molar-refractivity contribution is 0.273. The molecular formula is C15H21N3O. The summed E-state index contributed by atoms with van der Waals surface area (Å²) in [6.07, 6.45) is 8.23. The van der Waals surface area contributed by atoms with Crippen LogP contribution in [0, 0.1) is 6.92 Å². The number of hydrogen-bond acceptors (Lipinski definition) is 3. The van der Waals surface area contributed by atoms with Crippen molar-refractivity contribution in [2.75, 3.05) is 6.61 Å². The van der Waals surface area contributed by atoms with Crippen molar-refractivity contribution in [3.63, 3.8) is 0 Å². The Morgan fingerprint density at radius 2 is 2.11 bits per heavy atom. The SMILES string of the molecule is Cc1cnc2c(c1)nc(C1CCCCC1)n2CCO. The fourth-order valence-corrected chi connectivity index (χ4v) is 3.12. The van der Waals surface area contributed by atoms with E-state index in [-0.39, 0.29) is 6.61 Å². The molecule has 2 aromatic rings. The molecule has 1 saturated carbocycles. The van der Waals surface area contributed by atoms with Crippen molar-refractivity contribution in [2.24, 2.45) is 0 Å². The molecule has 0 saturated heterocycles. The van der Waals surface area contributed by atoms with Gasteiger partial charge in [0, 0.05) is 18.7 Å². The Hall–Kier alpha value is -1.42. The zero-order valence-electron chi connectivity index (χ0n) is 11.5. The zero-order chi connectivity index (χ0) is 13.2. The molecule has 1 fully saturated rings. The van der Waals surface area contributed by atoms with Gasteiger partial charge in [-0.25, -0.2) is 9.97 Å². The van der Waals surface area contributed by atoms with Crippen LogP contribution in [0.5, 0.6) is 0 Å². The first-order chi connectivity index (χ1) is 9.29. The van der Waals surface area contributed by atoms with E-state index in [0.29, 0.717) is 12.5 Å². The molecule has 1 aliphatic carbocycles. The van der Waals surface area contributed by atoms with E-state index in [2.05, 4.69) is 15.6 Å². The topological polar surface area (TPSA) is 50.9 Å². The highest BCUT2D eigenvalue weighted by Gasteiger charge is 2.22. The second-order valence-corrected chi connectivity index (χ2v) is 5.54. The molecule has 0 aromatic carbocycles. The Kier molecular flexibility index (Phi) is 3.51. The van der Waals surface area contributed by atoms with Crippen molar-refractivity contribution in [1.82, 2.24) is 14.5 Å². The van der Waals surface area contributed by atoms with Crippen molar-refractivity contribution in [3.05, 3.63) is 23.7 Å². The number of hydrogen-bond donors (Lipinski definition) is 1. The maximum Gasteiger partial charge on any atom is 0.160 e. The van der Waals surface area contributed by atoms with E-state index in [4.69, 9.17) is 4.98 Å². The fourth-order valence-electron chi connectivity index (χ4n) is 3.12. The number of aryl methyl sites for hydroxylation is 1. The van der Waals surface area contributed by atoms with Gasteiger partial charge in [0.25, 0.3) is 0 Å². The standard InChI is InChI=1S/C15H21N3O/c1-11-9-13-15(16-10-11)18(7-8-19)14(17-13)12-5-3-2-4-6-12/h9-10,12,19H,2-8H2,1H3. The Labute approximate surface area is 113 Å². The summed E-state index contributed by atoms with van der Waals surface area (Å²) in [5.41, 5.74) is 3.02. The Balaban J connectivity index is 2.08. The molecule has 19 heavy (non-hydrogen) atoms. The van der Waals surface area contributed by atoms with Crippen LogP contribution < -0.4 is 0 Å². The first-order valence-corrected chi connectivity index (χ1v) is 7.23. The van der Waals surface area contributed by atoms with Crippen LogP contribution in [0.25, 0.3) is 11.2 Å². The second kappa shape index (κ2) is 5.29. The molecule has 2 aromatic heterocycles. The Morgan fingerprint density at radius 1 is 1.32 bits per heavy atom. The molecule has 0 bridgehead atoms. The lowest BCUT2D eigenvalue weighted by atomic mass is 9.88. The molecule has 102 valence electrons. The van der Waals surface area contributed by atoms with E-state index >= 15 is 0 Å². The van der Waals surface area contributed by atoms with Crippen molar-refractivity contribution in [2.45, 2.75) is 51.5 Å². The minimum Gasteiger partial charge on any atom is -0.395 e. The van der Waals surface area contributed by atoms with Crippen LogP contribution in [0.15, 0.2) is 12.3 Å². The van der Waals surface area contributed by atoms with Gasteiger partial charge in [-0.2, -0.15) is 0 Å². The summed E-state index contributed by atoms with van der Waals surface area (Å²) < 4.78 is 2.12. The van der Waals surface area contributed by atoms with Gasteiger partial charge in [-0.05, 0) is 31.4 Å². The van der Waals surface area contributed by atoms with E-state index in [0.717, 1.165) is 22.6 Å². The lowest BCUT2D eigenvalue weighted by Gasteiger charge is -2.21. The normalized spacial score (nSPS) is 17.2. The molecule has 1 aliphatic rings. The molecule has 1 N–H and O–H groups in total. The summed E-state index contributed by atoms with van der Waals surface area (Å²) in [6.45, 7) is 2.77. The third kappa shape index (κ3) is 2.37. The highest BCUT2D eigenvalue weighted by Crippen LogP contribution is 2.33. The maximum absolute atomic E-state index is 9.30. The van der Waals surface area contributed by atoms with Gasteiger partial charge >= 0.3 is 0 Å². The monoisotopic (exact) mass is 259 g/mol. The average Bonchev–Trinajstić information content (AvgIpc) is 2.78. The summed E-state index contributed by atoms with van der Waals surface area (Å²) in [7, 11) is 0. The van der Waals surface area contributed by atoms with Gasteiger partial charge in [0.15, 0.2) is 5.65 Å². The van der Waals surface area contributed by atoms with Crippen LogP contribution in [0.3, 0.4) is 0 Å². The van der Waals surface area contributed by atoms with E-state index < -0.39 is 0 Å². The lowest BCUT2D eigenvalue weighted by Crippen LogP contribution is -2.14. The average molecular weight is 259 g/mol. The summed E-state index contributed by atoms with van der Waals surface area (Å²) in [5, 5.41) is 9.30. The number of pyridine rings is 1. The zero-order valence-corrected chi connectivity index (χ0v) is 11.5. The molecule has 2 heterocycles. The molecule has 0 unspecified atom stereocenters. The first kappa shape index (κ1) is 12.6. The van der Waals surface area contributed by atoms with Crippen LogP contribution in [0.2, 0.25) is 0 Å². The van der Waals surface area contributed by atoms with Crippen molar-refractivity contribution in [1.29, 1.82) is 0 Å². The molecular weight excluding hydrogens is 238 g/mol. The maximum atomic E-state index is 9.30. The molecule has 0 radical (unpaired) electrons. The third-order valence-electron chi connectivity index (χ3n) is 4.05. The number of imidazole rings is 1. The van der Waals surface area contributed by atoms with Crippen LogP contribution in [-0.4, -0.2) is 26.2 Å². The molecule has 0 atom stereocenters. The molecule has 0 aliphatic heterocycles. The van der Waals surface area contributed by atoms with Gasteiger partial charge in [-0.15, -0.1) is 0 Å². The number of rotatable bonds is 3. The Bertz CT molecular complexity index is 570. The van der Waals surface area contributed by atoms with Crippen LogP contribution >= 0.6 is 0 Å². The van der Waals surface area contributed by atoms with Gasteiger partial charge in [0.05, 0.1) is 6.61 Å². The second-order valence-electron chi connectivity index (χ2n) is 5.54. The van der Waals surface area contributed by atoms with Crippen molar-refractivity contribution < 1.29 is 5.11 Å². The molecule has 4 heteroatoms. The predicted molar refractivity (Wildman–Crippen MR) is 75.2 cm³/mol. The number of aromatic nitrogens is 3. The first-order valence-electron chi connectivity index (χ1n) is 7.23. The number of nitrogens with zero attached hydrogens (tertiary/aromatic N) is 3. The van der Waals surface area contributed by atoms with E-state index in [1.807, 2.05) is 13.1 Å². The molecule has 4 nitrogen and oxygen atoms in total. The quantitative estimate of drug-likeness (QED) is 0.922. The highest BCUT2D eigenvalue weighted by molar-refractivity contribution is 5.72. The molecule has 3 rings (SSSR count). The van der Waals surface area contributed by atoms with Gasteiger partial charge < -0.3 is 9.67 Å². The minimum absolute atomic E-state index is 0.140.